The van der Waals surface area contributed by atoms with Gasteiger partial charge in [-0.2, -0.15) is 0 Å². The van der Waals surface area contributed by atoms with E-state index in [9.17, 15) is 13.2 Å². The Morgan fingerprint density at radius 3 is 2.37 bits per heavy atom. The van der Waals surface area contributed by atoms with Crippen molar-refractivity contribution < 1.29 is 17.9 Å². The van der Waals surface area contributed by atoms with Crippen LogP contribution in [0.2, 0.25) is 0 Å². The van der Waals surface area contributed by atoms with Crippen LogP contribution >= 0.6 is 23.7 Å². The Hall–Kier alpha value is -1.24. The molecule has 0 saturated carbocycles. The largest absolute Gasteiger partial charge is 0.573 e. The molecule has 0 saturated heterocycles. The molecule has 0 bridgehead atoms. The number of alkyl halides is 3. The summed E-state index contributed by atoms with van der Waals surface area (Å²) in [7, 11) is 0. The van der Waals surface area contributed by atoms with E-state index in [1.54, 1.807) is 18.2 Å². The average molecular weight is 310 g/mol. The van der Waals surface area contributed by atoms with Gasteiger partial charge in [-0.3, -0.25) is 0 Å². The van der Waals surface area contributed by atoms with Crippen LogP contribution < -0.4 is 10.5 Å². The van der Waals surface area contributed by atoms with Crippen molar-refractivity contribution in [2.24, 2.45) is 5.73 Å². The SMILES string of the molecule is Cl.N[C@@H](c1cccs1)c1ccccc1OC(F)(F)F. The molecule has 0 spiro atoms. The molecule has 2 aromatic rings. The van der Waals surface area contributed by atoms with Crippen LogP contribution in [0, 0.1) is 0 Å². The molecule has 0 amide bonds. The van der Waals surface area contributed by atoms with Gasteiger partial charge in [-0.15, -0.1) is 36.9 Å². The first-order chi connectivity index (χ1) is 8.47. The van der Waals surface area contributed by atoms with Crippen LogP contribution in [-0.4, -0.2) is 6.36 Å². The number of ether oxygens (including phenoxy) is 1. The maximum atomic E-state index is 12.3. The fourth-order valence-corrected chi connectivity index (χ4v) is 2.32. The summed E-state index contributed by atoms with van der Waals surface area (Å²) in [6.45, 7) is 0. The number of halogens is 4. The summed E-state index contributed by atoms with van der Waals surface area (Å²) < 4.78 is 40.8. The average Bonchev–Trinajstić information content (AvgIpc) is 2.80. The minimum absolute atomic E-state index is 0. The Bertz CT molecular complexity index is 516. The van der Waals surface area contributed by atoms with Crippen molar-refractivity contribution in [1.29, 1.82) is 0 Å². The molecule has 19 heavy (non-hydrogen) atoms. The van der Waals surface area contributed by atoms with E-state index in [0.717, 1.165) is 4.88 Å². The molecule has 2 N–H and O–H groups in total. The first-order valence-corrected chi connectivity index (χ1v) is 5.99. The van der Waals surface area contributed by atoms with E-state index in [0.29, 0.717) is 5.56 Å². The van der Waals surface area contributed by atoms with Crippen molar-refractivity contribution in [2.45, 2.75) is 12.4 Å². The lowest BCUT2D eigenvalue weighted by atomic mass is 10.1. The normalized spacial score (nSPS) is 12.6. The molecule has 1 aromatic carbocycles. The van der Waals surface area contributed by atoms with E-state index in [-0.39, 0.29) is 18.2 Å². The summed E-state index contributed by atoms with van der Waals surface area (Å²) in [4.78, 5) is 0.785. The zero-order chi connectivity index (χ0) is 13.2. The van der Waals surface area contributed by atoms with E-state index in [1.165, 1.54) is 29.5 Å². The molecular formula is C12H11ClF3NOS. The number of hydrogen-bond donors (Lipinski definition) is 1. The lowest BCUT2D eigenvalue weighted by molar-refractivity contribution is -0.274. The van der Waals surface area contributed by atoms with Crippen molar-refractivity contribution in [3.8, 4) is 5.75 Å². The molecule has 1 heterocycles. The topological polar surface area (TPSA) is 35.2 Å². The van der Waals surface area contributed by atoms with Crippen molar-refractivity contribution >= 4 is 23.7 Å². The van der Waals surface area contributed by atoms with Crippen LogP contribution in [0.5, 0.6) is 5.75 Å². The lowest BCUT2D eigenvalue weighted by Crippen LogP contribution is -2.20. The second-order valence-electron chi connectivity index (χ2n) is 3.58. The quantitative estimate of drug-likeness (QED) is 0.925. The maximum absolute atomic E-state index is 12.3. The second kappa shape index (κ2) is 6.27. The van der Waals surface area contributed by atoms with Gasteiger partial charge in [0.25, 0.3) is 0 Å². The van der Waals surface area contributed by atoms with Gasteiger partial charge in [0, 0.05) is 10.4 Å². The summed E-state index contributed by atoms with van der Waals surface area (Å²) in [6.07, 6.45) is -4.72. The first kappa shape index (κ1) is 15.8. The number of nitrogens with two attached hydrogens (primary N) is 1. The van der Waals surface area contributed by atoms with Gasteiger partial charge in [-0.25, -0.2) is 0 Å². The molecule has 0 aliphatic carbocycles. The van der Waals surface area contributed by atoms with E-state index >= 15 is 0 Å². The molecule has 0 aliphatic heterocycles. The Morgan fingerprint density at radius 2 is 1.79 bits per heavy atom. The standard InChI is InChI=1S/C12H10F3NOS.ClH/c13-12(14,15)17-9-5-2-1-4-8(9)11(16)10-6-3-7-18-10;/h1-7,11H,16H2;1H/t11-;/m1./s1. The van der Waals surface area contributed by atoms with Gasteiger partial charge in [0.2, 0.25) is 0 Å². The molecule has 7 heteroatoms. The van der Waals surface area contributed by atoms with Crippen molar-refractivity contribution in [1.82, 2.24) is 0 Å². The van der Waals surface area contributed by atoms with Crippen LogP contribution in [0.4, 0.5) is 13.2 Å². The monoisotopic (exact) mass is 309 g/mol. The Morgan fingerprint density at radius 1 is 1.11 bits per heavy atom. The van der Waals surface area contributed by atoms with Gasteiger partial charge < -0.3 is 10.5 Å². The molecule has 104 valence electrons. The summed E-state index contributed by atoms with van der Waals surface area (Å²) in [6, 6.07) is 8.86. The third kappa shape index (κ3) is 4.12. The van der Waals surface area contributed by atoms with Crippen LogP contribution in [0.25, 0.3) is 0 Å². The molecule has 1 atom stereocenters. The summed E-state index contributed by atoms with van der Waals surface area (Å²) in [5.41, 5.74) is 6.26. The summed E-state index contributed by atoms with van der Waals surface area (Å²) in [5, 5.41) is 1.82. The highest BCUT2D eigenvalue weighted by Crippen LogP contribution is 2.33. The lowest BCUT2D eigenvalue weighted by Gasteiger charge is -2.16. The molecule has 2 rings (SSSR count). The third-order valence-electron chi connectivity index (χ3n) is 2.33. The van der Waals surface area contributed by atoms with Crippen LogP contribution in [-0.2, 0) is 0 Å². The smallest absolute Gasteiger partial charge is 0.405 e. The summed E-state index contributed by atoms with van der Waals surface area (Å²) in [5.74, 6) is -0.258. The highest BCUT2D eigenvalue weighted by atomic mass is 35.5. The molecule has 0 fully saturated rings. The van der Waals surface area contributed by atoms with E-state index in [4.69, 9.17) is 5.73 Å². The van der Waals surface area contributed by atoms with E-state index in [2.05, 4.69) is 4.74 Å². The van der Waals surface area contributed by atoms with Gasteiger partial charge in [0.05, 0.1) is 6.04 Å². The molecule has 0 unspecified atom stereocenters. The third-order valence-corrected chi connectivity index (χ3v) is 3.28. The molecular weight excluding hydrogens is 299 g/mol. The van der Waals surface area contributed by atoms with Crippen LogP contribution in [0.15, 0.2) is 41.8 Å². The zero-order valence-corrected chi connectivity index (χ0v) is 11.2. The fraction of sp³-hybridized carbons (Fsp3) is 0.167. The minimum Gasteiger partial charge on any atom is -0.405 e. The second-order valence-corrected chi connectivity index (χ2v) is 4.56. The number of rotatable bonds is 3. The molecule has 1 aromatic heterocycles. The maximum Gasteiger partial charge on any atom is 0.573 e. The highest BCUT2D eigenvalue weighted by Gasteiger charge is 2.32. The van der Waals surface area contributed by atoms with Crippen LogP contribution in [0.3, 0.4) is 0 Å². The zero-order valence-electron chi connectivity index (χ0n) is 9.55. The summed E-state index contributed by atoms with van der Waals surface area (Å²) >= 11 is 1.39. The Labute approximate surface area is 118 Å². The van der Waals surface area contributed by atoms with Gasteiger partial charge in [-0.05, 0) is 17.5 Å². The predicted octanol–water partition coefficient (Wildman–Crippen LogP) is 4.12. The van der Waals surface area contributed by atoms with E-state index in [1.807, 2.05) is 5.38 Å². The predicted molar refractivity (Wildman–Crippen MR) is 70.7 cm³/mol. The number of thiophene rings is 1. The molecule has 0 aliphatic rings. The molecule has 0 radical (unpaired) electrons. The number of para-hydroxylation sites is 1. The molecule has 2 nitrogen and oxygen atoms in total. The Kier molecular flexibility index (Phi) is 5.22. The first-order valence-electron chi connectivity index (χ1n) is 5.11. The van der Waals surface area contributed by atoms with Gasteiger partial charge in [0.1, 0.15) is 5.75 Å². The van der Waals surface area contributed by atoms with Crippen molar-refractivity contribution in [3.05, 3.63) is 52.2 Å². The highest BCUT2D eigenvalue weighted by molar-refractivity contribution is 7.10. The van der Waals surface area contributed by atoms with Gasteiger partial charge in [0.15, 0.2) is 0 Å². The van der Waals surface area contributed by atoms with Crippen molar-refractivity contribution in [3.63, 3.8) is 0 Å². The fourth-order valence-electron chi connectivity index (χ4n) is 1.58. The number of benzene rings is 1. The van der Waals surface area contributed by atoms with E-state index < -0.39 is 12.4 Å². The van der Waals surface area contributed by atoms with Crippen LogP contribution in [0.1, 0.15) is 16.5 Å². The van der Waals surface area contributed by atoms with Gasteiger partial charge in [-0.1, -0.05) is 24.3 Å². The van der Waals surface area contributed by atoms with Gasteiger partial charge >= 0.3 is 6.36 Å². The number of hydrogen-bond acceptors (Lipinski definition) is 3. The minimum atomic E-state index is -4.72. The Balaban J connectivity index is 0.00000180. The van der Waals surface area contributed by atoms with Crippen molar-refractivity contribution in [2.75, 3.05) is 0 Å².